The van der Waals surface area contributed by atoms with Gasteiger partial charge in [-0.1, -0.05) is 13.8 Å². The molecule has 0 radical (unpaired) electrons. The van der Waals surface area contributed by atoms with Crippen molar-refractivity contribution >= 4 is 15.8 Å². The summed E-state index contributed by atoms with van der Waals surface area (Å²) < 4.78 is 26.7. The van der Waals surface area contributed by atoms with Crippen molar-refractivity contribution in [2.24, 2.45) is 5.41 Å². The molecule has 4 N–H and O–H groups in total. The molecule has 1 rings (SSSR count). The number of hydrogen-bond acceptors (Lipinski definition) is 5. The van der Waals surface area contributed by atoms with E-state index in [1.807, 2.05) is 13.8 Å². The maximum atomic E-state index is 12.1. The van der Waals surface area contributed by atoms with Gasteiger partial charge >= 0.3 is 0 Å². The number of rotatable bonds is 7. The quantitative estimate of drug-likeness (QED) is 0.686. The Morgan fingerprint density at radius 3 is 2.74 bits per heavy atom. The number of nitrogens with one attached hydrogen (secondary N) is 1. The van der Waals surface area contributed by atoms with Crippen LogP contribution in [0.15, 0.2) is 23.2 Å². The normalized spacial score (nSPS) is 12.6. The van der Waals surface area contributed by atoms with Gasteiger partial charge < -0.3 is 10.8 Å². The number of pyridine rings is 1. The number of hydrogen-bond donors (Lipinski definition) is 3. The molecular formula is C12H21N3O3S. The van der Waals surface area contributed by atoms with Crippen LogP contribution in [0, 0.1) is 5.41 Å². The summed E-state index contributed by atoms with van der Waals surface area (Å²) in [4.78, 5) is 3.76. The van der Waals surface area contributed by atoms with Crippen LogP contribution in [-0.4, -0.2) is 31.7 Å². The molecule has 6 nitrogen and oxygen atoms in total. The number of nitrogens with two attached hydrogens (primary N) is 1. The number of sulfonamides is 1. The summed E-state index contributed by atoms with van der Waals surface area (Å²) in [6.07, 6.45) is 2.82. The standard InChI is InChI=1S/C12H21N3O3S/c1-12(2,6-4-8-16)9-15-19(17,18)10-5-3-7-14-11(10)13/h3,5,7,15-16H,4,6,8-9H2,1-2H3,(H2,13,14). The first-order chi connectivity index (χ1) is 8.78. The number of nitrogens with zero attached hydrogens (tertiary/aromatic N) is 1. The molecule has 0 saturated carbocycles. The van der Waals surface area contributed by atoms with Gasteiger partial charge in [0.15, 0.2) is 0 Å². The fraction of sp³-hybridized carbons (Fsp3) is 0.583. The lowest BCUT2D eigenvalue weighted by Crippen LogP contribution is -2.34. The van der Waals surface area contributed by atoms with Gasteiger partial charge in [-0.3, -0.25) is 0 Å². The van der Waals surface area contributed by atoms with Gasteiger partial charge in [-0.25, -0.2) is 18.1 Å². The zero-order valence-electron chi connectivity index (χ0n) is 11.3. The van der Waals surface area contributed by atoms with Crippen LogP contribution in [0.25, 0.3) is 0 Å². The SMILES string of the molecule is CC(C)(CCCO)CNS(=O)(=O)c1cccnc1N. The second kappa shape index (κ2) is 6.31. The first kappa shape index (κ1) is 15.9. The van der Waals surface area contributed by atoms with E-state index < -0.39 is 10.0 Å². The maximum Gasteiger partial charge on any atom is 0.244 e. The van der Waals surface area contributed by atoms with E-state index in [0.717, 1.165) is 6.42 Å². The average Bonchev–Trinajstić information content (AvgIpc) is 2.35. The van der Waals surface area contributed by atoms with Gasteiger partial charge in [0, 0.05) is 19.3 Å². The Hall–Kier alpha value is -1.18. The van der Waals surface area contributed by atoms with Crippen molar-refractivity contribution in [3.8, 4) is 0 Å². The summed E-state index contributed by atoms with van der Waals surface area (Å²) in [6.45, 7) is 4.27. The lowest BCUT2D eigenvalue weighted by atomic mass is 9.88. The van der Waals surface area contributed by atoms with E-state index in [1.54, 1.807) is 0 Å². The van der Waals surface area contributed by atoms with Gasteiger partial charge in [0.05, 0.1) is 0 Å². The van der Waals surface area contributed by atoms with Crippen LogP contribution >= 0.6 is 0 Å². The van der Waals surface area contributed by atoms with E-state index in [0.29, 0.717) is 6.42 Å². The Kier molecular flexibility index (Phi) is 5.28. The molecular weight excluding hydrogens is 266 g/mol. The number of aliphatic hydroxyl groups is 1. The predicted octanol–water partition coefficient (Wildman–Crippen LogP) is 0.741. The Balaban J connectivity index is 2.74. The van der Waals surface area contributed by atoms with Crippen molar-refractivity contribution < 1.29 is 13.5 Å². The Morgan fingerprint density at radius 2 is 2.16 bits per heavy atom. The molecule has 0 aromatic carbocycles. The second-order valence-electron chi connectivity index (χ2n) is 5.20. The van der Waals surface area contributed by atoms with Crippen molar-refractivity contribution in [1.29, 1.82) is 0 Å². The molecule has 0 aliphatic heterocycles. The highest BCUT2D eigenvalue weighted by atomic mass is 32.2. The minimum atomic E-state index is -3.65. The minimum Gasteiger partial charge on any atom is -0.396 e. The van der Waals surface area contributed by atoms with E-state index in [9.17, 15) is 8.42 Å². The molecule has 0 bridgehead atoms. The van der Waals surface area contributed by atoms with Crippen LogP contribution in [0.3, 0.4) is 0 Å². The first-order valence-electron chi connectivity index (χ1n) is 6.09. The highest BCUT2D eigenvalue weighted by Gasteiger charge is 2.23. The molecule has 0 aliphatic rings. The lowest BCUT2D eigenvalue weighted by molar-refractivity contribution is 0.242. The second-order valence-corrected chi connectivity index (χ2v) is 6.94. The molecule has 1 aromatic rings. The van der Waals surface area contributed by atoms with Gasteiger partial charge in [-0.05, 0) is 30.4 Å². The third-order valence-corrected chi connectivity index (χ3v) is 4.29. The van der Waals surface area contributed by atoms with Crippen LogP contribution in [0.1, 0.15) is 26.7 Å². The third-order valence-electron chi connectivity index (χ3n) is 2.84. The van der Waals surface area contributed by atoms with E-state index >= 15 is 0 Å². The Labute approximate surface area is 114 Å². The molecule has 7 heteroatoms. The van der Waals surface area contributed by atoms with E-state index in [4.69, 9.17) is 10.8 Å². The summed E-state index contributed by atoms with van der Waals surface area (Å²) in [5, 5.41) is 8.81. The lowest BCUT2D eigenvalue weighted by Gasteiger charge is -2.24. The molecule has 0 atom stereocenters. The number of nitrogen functional groups attached to an aromatic ring is 1. The molecule has 0 spiro atoms. The molecule has 0 unspecified atom stereocenters. The monoisotopic (exact) mass is 287 g/mol. The summed E-state index contributed by atoms with van der Waals surface area (Å²) in [7, 11) is -3.65. The van der Waals surface area contributed by atoms with Crippen LogP contribution in [0.4, 0.5) is 5.82 Å². The van der Waals surface area contributed by atoms with Crippen LogP contribution < -0.4 is 10.5 Å². The molecule has 1 heterocycles. The van der Waals surface area contributed by atoms with Gasteiger partial charge in [-0.2, -0.15) is 0 Å². The van der Waals surface area contributed by atoms with Crippen molar-refractivity contribution in [1.82, 2.24) is 9.71 Å². The van der Waals surface area contributed by atoms with Gasteiger partial charge in [0.1, 0.15) is 10.7 Å². The number of aliphatic hydroxyl groups excluding tert-OH is 1. The van der Waals surface area contributed by atoms with Gasteiger partial charge in [-0.15, -0.1) is 0 Å². The molecule has 0 fully saturated rings. The minimum absolute atomic E-state index is 0.00652. The van der Waals surface area contributed by atoms with Crippen LogP contribution in [-0.2, 0) is 10.0 Å². The molecule has 19 heavy (non-hydrogen) atoms. The van der Waals surface area contributed by atoms with Crippen molar-refractivity contribution in [2.45, 2.75) is 31.6 Å². The van der Waals surface area contributed by atoms with Crippen molar-refractivity contribution in [3.05, 3.63) is 18.3 Å². The summed E-state index contributed by atoms with van der Waals surface area (Å²) in [6, 6.07) is 2.95. The maximum absolute atomic E-state index is 12.1. The molecule has 1 aromatic heterocycles. The highest BCUT2D eigenvalue weighted by Crippen LogP contribution is 2.22. The molecule has 108 valence electrons. The van der Waals surface area contributed by atoms with E-state index in [2.05, 4.69) is 9.71 Å². The van der Waals surface area contributed by atoms with Crippen molar-refractivity contribution in [3.63, 3.8) is 0 Å². The topological polar surface area (TPSA) is 105 Å². The molecule has 0 amide bonds. The average molecular weight is 287 g/mol. The highest BCUT2D eigenvalue weighted by molar-refractivity contribution is 7.89. The fourth-order valence-corrected chi connectivity index (χ4v) is 2.97. The summed E-state index contributed by atoms with van der Waals surface area (Å²) >= 11 is 0. The number of aromatic nitrogens is 1. The van der Waals surface area contributed by atoms with Crippen molar-refractivity contribution in [2.75, 3.05) is 18.9 Å². The Bertz CT molecular complexity index is 515. The summed E-state index contributed by atoms with van der Waals surface area (Å²) in [5.74, 6) is -0.0110. The van der Waals surface area contributed by atoms with Gasteiger partial charge in [0.25, 0.3) is 0 Å². The van der Waals surface area contributed by atoms with Crippen LogP contribution in [0.5, 0.6) is 0 Å². The smallest absolute Gasteiger partial charge is 0.244 e. The summed E-state index contributed by atoms with van der Waals surface area (Å²) in [5.41, 5.74) is 5.33. The zero-order chi connectivity index (χ0) is 14.5. The predicted molar refractivity (Wildman–Crippen MR) is 73.9 cm³/mol. The fourth-order valence-electron chi connectivity index (χ4n) is 1.64. The molecule has 0 saturated heterocycles. The molecule has 0 aliphatic carbocycles. The van der Waals surface area contributed by atoms with Gasteiger partial charge in [0.2, 0.25) is 10.0 Å². The zero-order valence-corrected chi connectivity index (χ0v) is 12.1. The first-order valence-corrected chi connectivity index (χ1v) is 7.58. The third kappa shape index (κ3) is 4.77. The van der Waals surface area contributed by atoms with E-state index in [-0.39, 0.29) is 29.3 Å². The largest absolute Gasteiger partial charge is 0.396 e. The van der Waals surface area contributed by atoms with Crippen LogP contribution in [0.2, 0.25) is 0 Å². The number of anilines is 1. The Morgan fingerprint density at radius 1 is 1.47 bits per heavy atom. The van der Waals surface area contributed by atoms with E-state index in [1.165, 1.54) is 18.3 Å².